The summed E-state index contributed by atoms with van der Waals surface area (Å²) >= 11 is 0. The average Bonchev–Trinajstić information content (AvgIpc) is 2.91. The normalized spacial score (nSPS) is 10.8. The summed E-state index contributed by atoms with van der Waals surface area (Å²) in [7, 11) is 0. The number of carbonyl (C=O) groups excluding carboxylic acids is 1. The van der Waals surface area contributed by atoms with Crippen molar-refractivity contribution in [1.29, 1.82) is 0 Å². The average molecular weight is 293 g/mol. The van der Waals surface area contributed by atoms with Crippen molar-refractivity contribution in [3.05, 3.63) is 23.7 Å². The standard InChI is InChI=1S/C18H31NO2/c1-3-4-5-6-7-8-9-10-11-12-14-19-18(20)17-13-15-21-16(17)2/h13,15H,3-12,14H2,1-2H3,(H,19,20). The molecule has 1 aromatic heterocycles. The molecule has 1 amide bonds. The van der Waals surface area contributed by atoms with Gasteiger partial charge >= 0.3 is 0 Å². The zero-order valence-electron chi connectivity index (χ0n) is 13.7. The monoisotopic (exact) mass is 293 g/mol. The second kappa shape index (κ2) is 11.4. The van der Waals surface area contributed by atoms with E-state index in [-0.39, 0.29) is 5.91 Å². The Kier molecular flexibility index (Phi) is 9.68. The molecule has 0 atom stereocenters. The van der Waals surface area contributed by atoms with Crippen molar-refractivity contribution < 1.29 is 9.21 Å². The van der Waals surface area contributed by atoms with Crippen LogP contribution in [-0.4, -0.2) is 12.5 Å². The lowest BCUT2D eigenvalue weighted by Gasteiger charge is -2.05. The molecule has 21 heavy (non-hydrogen) atoms. The SMILES string of the molecule is CCCCCCCCCCCCNC(=O)c1ccoc1C. The molecule has 0 aromatic carbocycles. The van der Waals surface area contributed by atoms with Crippen LogP contribution in [0.3, 0.4) is 0 Å². The molecule has 0 fully saturated rings. The fourth-order valence-corrected chi connectivity index (χ4v) is 2.53. The Hall–Kier alpha value is -1.25. The quantitative estimate of drug-likeness (QED) is 0.535. The van der Waals surface area contributed by atoms with E-state index in [1.165, 1.54) is 57.8 Å². The summed E-state index contributed by atoms with van der Waals surface area (Å²) in [6.07, 6.45) is 14.7. The fourth-order valence-electron chi connectivity index (χ4n) is 2.53. The molecule has 0 spiro atoms. The van der Waals surface area contributed by atoms with Crippen LogP contribution in [0.1, 0.15) is 87.3 Å². The number of aryl methyl sites for hydroxylation is 1. The van der Waals surface area contributed by atoms with Gasteiger partial charge in [0.2, 0.25) is 0 Å². The Labute approximate surface area is 129 Å². The van der Waals surface area contributed by atoms with Crippen molar-refractivity contribution >= 4 is 5.91 Å². The topological polar surface area (TPSA) is 42.2 Å². The van der Waals surface area contributed by atoms with Gasteiger partial charge in [-0.05, 0) is 19.4 Å². The van der Waals surface area contributed by atoms with E-state index >= 15 is 0 Å². The summed E-state index contributed by atoms with van der Waals surface area (Å²) in [5.74, 6) is 0.674. The lowest BCUT2D eigenvalue weighted by molar-refractivity contribution is 0.0951. The van der Waals surface area contributed by atoms with Gasteiger partial charge in [-0.25, -0.2) is 0 Å². The number of unbranched alkanes of at least 4 members (excludes halogenated alkanes) is 9. The number of rotatable bonds is 12. The smallest absolute Gasteiger partial charge is 0.254 e. The van der Waals surface area contributed by atoms with Crippen molar-refractivity contribution in [1.82, 2.24) is 5.32 Å². The first-order chi connectivity index (χ1) is 10.3. The molecule has 0 unspecified atom stereocenters. The van der Waals surface area contributed by atoms with E-state index in [4.69, 9.17) is 4.42 Å². The Morgan fingerprint density at radius 3 is 2.10 bits per heavy atom. The summed E-state index contributed by atoms with van der Waals surface area (Å²) in [6, 6.07) is 1.73. The van der Waals surface area contributed by atoms with Crippen LogP contribution in [0.5, 0.6) is 0 Å². The molecule has 0 aliphatic rings. The van der Waals surface area contributed by atoms with Gasteiger partial charge in [0.1, 0.15) is 5.76 Å². The van der Waals surface area contributed by atoms with Gasteiger partial charge in [0.05, 0.1) is 11.8 Å². The second-order valence-corrected chi connectivity index (χ2v) is 5.83. The summed E-state index contributed by atoms with van der Waals surface area (Å²) in [5.41, 5.74) is 0.655. The third-order valence-electron chi connectivity index (χ3n) is 3.92. The van der Waals surface area contributed by atoms with E-state index in [0.29, 0.717) is 11.3 Å². The van der Waals surface area contributed by atoms with Crippen molar-refractivity contribution in [3.63, 3.8) is 0 Å². The first-order valence-corrected chi connectivity index (χ1v) is 8.58. The third kappa shape index (κ3) is 7.93. The maximum atomic E-state index is 11.8. The van der Waals surface area contributed by atoms with Gasteiger partial charge in [0, 0.05) is 6.54 Å². The van der Waals surface area contributed by atoms with Crippen molar-refractivity contribution in [2.75, 3.05) is 6.54 Å². The van der Waals surface area contributed by atoms with Crippen molar-refractivity contribution in [2.45, 2.75) is 78.1 Å². The molecular formula is C18H31NO2. The molecule has 0 bridgehead atoms. The van der Waals surface area contributed by atoms with Crippen LogP contribution >= 0.6 is 0 Å². The highest BCUT2D eigenvalue weighted by atomic mass is 16.3. The van der Waals surface area contributed by atoms with Gasteiger partial charge in [-0.1, -0.05) is 64.7 Å². The molecule has 0 aliphatic carbocycles. The van der Waals surface area contributed by atoms with Gasteiger partial charge in [-0.2, -0.15) is 0 Å². The van der Waals surface area contributed by atoms with Crippen LogP contribution in [0.25, 0.3) is 0 Å². The van der Waals surface area contributed by atoms with Gasteiger partial charge in [0.15, 0.2) is 0 Å². The zero-order valence-corrected chi connectivity index (χ0v) is 13.7. The number of hydrogen-bond donors (Lipinski definition) is 1. The van der Waals surface area contributed by atoms with Crippen LogP contribution in [-0.2, 0) is 0 Å². The Morgan fingerprint density at radius 1 is 1.00 bits per heavy atom. The molecule has 1 heterocycles. The fraction of sp³-hybridized carbons (Fsp3) is 0.722. The zero-order chi connectivity index (χ0) is 15.3. The van der Waals surface area contributed by atoms with E-state index in [1.54, 1.807) is 12.3 Å². The predicted molar refractivity (Wildman–Crippen MR) is 87.6 cm³/mol. The first kappa shape index (κ1) is 17.8. The minimum atomic E-state index is -0.0165. The van der Waals surface area contributed by atoms with Crippen LogP contribution in [0.15, 0.2) is 16.7 Å². The van der Waals surface area contributed by atoms with E-state index < -0.39 is 0 Å². The number of hydrogen-bond acceptors (Lipinski definition) is 2. The van der Waals surface area contributed by atoms with E-state index in [9.17, 15) is 4.79 Å². The number of amides is 1. The molecule has 3 nitrogen and oxygen atoms in total. The lowest BCUT2D eigenvalue weighted by Crippen LogP contribution is -2.24. The van der Waals surface area contributed by atoms with Crippen LogP contribution in [0.2, 0.25) is 0 Å². The predicted octanol–water partition coefficient (Wildman–Crippen LogP) is 5.24. The Morgan fingerprint density at radius 2 is 1.57 bits per heavy atom. The minimum Gasteiger partial charge on any atom is -0.469 e. The molecule has 1 aromatic rings. The van der Waals surface area contributed by atoms with Crippen molar-refractivity contribution in [3.8, 4) is 0 Å². The molecule has 0 saturated carbocycles. The van der Waals surface area contributed by atoms with Crippen LogP contribution in [0, 0.1) is 6.92 Å². The van der Waals surface area contributed by atoms with Crippen LogP contribution < -0.4 is 5.32 Å². The molecule has 3 heteroatoms. The molecule has 1 N–H and O–H groups in total. The highest BCUT2D eigenvalue weighted by Crippen LogP contribution is 2.11. The third-order valence-corrected chi connectivity index (χ3v) is 3.92. The summed E-state index contributed by atoms with van der Waals surface area (Å²) < 4.78 is 5.13. The number of furan rings is 1. The maximum Gasteiger partial charge on any atom is 0.254 e. The van der Waals surface area contributed by atoms with E-state index in [1.807, 2.05) is 6.92 Å². The summed E-state index contributed by atoms with van der Waals surface area (Å²) in [6.45, 7) is 4.84. The van der Waals surface area contributed by atoms with Crippen LogP contribution in [0.4, 0.5) is 0 Å². The van der Waals surface area contributed by atoms with Gasteiger partial charge in [-0.3, -0.25) is 4.79 Å². The Balaban J connectivity index is 1.89. The lowest BCUT2D eigenvalue weighted by atomic mass is 10.1. The minimum absolute atomic E-state index is 0.0165. The summed E-state index contributed by atoms with van der Waals surface area (Å²) in [4.78, 5) is 11.8. The largest absolute Gasteiger partial charge is 0.469 e. The molecule has 0 aliphatic heterocycles. The highest BCUT2D eigenvalue weighted by molar-refractivity contribution is 5.94. The van der Waals surface area contributed by atoms with Crippen molar-refractivity contribution in [2.24, 2.45) is 0 Å². The maximum absolute atomic E-state index is 11.8. The highest BCUT2D eigenvalue weighted by Gasteiger charge is 2.09. The van der Waals surface area contributed by atoms with E-state index in [0.717, 1.165) is 13.0 Å². The molecule has 0 saturated heterocycles. The van der Waals surface area contributed by atoms with Gasteiger partial charge in [-0.15, -0.1) is 0 Å². The van der Waals surface area contributed by atoms with Gasteiger partial charge < -0.3 is 9.73 Å². The summed E-state index contributed by atoms with van der Waals surface area (Å²) in [5, 5.41) is 2.95. The molecule has 0 radical (unpaired) electrons. The Bertz CT molecular complexity index is 384. The first-order valence-electron chi connectivity index (χ1n) is 8.58. The van der Waals surface area contributed by atoms with Gasteiger partial charge in [0.25, 0.3) is 5.91 Å². The van der Waals surface area contributed by atoms with E-state index in [2.05, 4.69) is 12.2 Å². The number of carbonyl (C=O) groups is 1. The molecule has 120 valence electrons. The molecular weight excluding hydrogens is 262 g/mol. The second-order valence-electron chi connectivity index (χ2n) is 5.83. The molecule has 1 rings (SSSR count). The number of nitrogens with one attached hydrogen (secondary N) is 1.